The van der Waals surface area contributed by atoms with Gasteiger partial charge in [0, 0.05) is 46.9 Å². The maximum absolute atomic E-state index is 12.5. The predicted octanol–water partition coefficient (Wildman–Crippen LogP) is 4.84. The molecule has 0 aliphatic heterocycles. The number of benzene rings is 2. The molecule has 0 unspecified atom stereocenters. The van der Waals surface area contributed by atoms with Crippen LogP contribution in [-0.2, 0) is 18.6 Å². The zero-order valence-electron chi connectivity index (χ0n) is 19.7. The largest absolute Gasteiger partial charge is 0.361 e. The number of hydrogen-bond acceptors (Lipinski definition) is 6. The Kier molecular flexibility index (Phi) is 5.21. The van der Waals surface area contributed by atoms with Crippen LogP contribution < -0.4 is 5.56 Å². The van der Waals surface area contributed by atoms with Crippen LogP contribution in [0.2, 0.25) is 0 Å². The van der Waals surface area contributed by atoms with Gasteiger partial charge in [-0.1, -0.05) is 48.2 Å². The Labute approximate surface area is 215 Å². The Bertz CT molecular complexity index is 1990. The zero-order chi connectivity index (χ0) is 24.8. The summed E-state index contributed by atoms with van der Waals surface area (Å²) in [6, 6.07) is 23.4. The number of rotatable bonds is 6. The van der Waals surface area contributed by atoms with Gasteiger partial charge in [0.1, 0.15) is 5.65 Å². The summed E-state index contributed by atoms with van der Waals surface area (Å²) in [5, 5.41) is 7.75. The molecule has 0 atom stereocenters. The van der Waals surface area contributed by atoms with Gasteiger partial charge in [-0.2, -0.15) is 4.52 Å². The van der Waals surface area contributed by atoms with Gasteiger partial charge in [-0.25, -0.2) is 15.0 Å². The van der Waals surface area contributed by atoms with E-state index in [4.69, 9.17) is 15.1 Å². The summed E-state index contributed by atoms with van der Waals surface area (Å²) < 4.78 is 3.36. The molecule has 0 aliphatic rings. The molecule has 5 heterocycles. The van der Waals surface area contributed by atoms with E-state index in [2.05, 4.69) is 34.4 Å². The highest BCUT2D eigenvalue weighted by Crippen LogP contribution is 2.26. The molecular formula is C28H21N7OS. The van der Waals surface area contributed by atoms with Gasteiger partial charge in [0.2, 0.25) is 0 Å². The molecule has 0 bridgehead atoms. The van der Waals surface area contributed by atoms with E-state index in [1.165, 1.54) is 27.1 Å². The average Bonchev–Trinajstić information content (AvgIpc) is 3.55. The van der Waals surface area contributed by atoms with E-state index in [-0.39, 0.29) is 5.56 Å². The van der Waals surface area contributed by atoms with Crippen molar-refractivity contribution >= 4 is 44.9 Å². The van der Waals surface area contributed by atoms with Gasteiger partial charge in [-0.05, 0) is 42.3 Å². The van der Waals surface area contributed by atoms with E-state index >= 15 is 0 Å². The van der Waals surface area contributed by atoms with E-state index in [9.17, 15) is 4.79 Å². The standard InChI is InChI=1S/C28H21N7OS/c36-26-15-19(30-25-11-5-6-14-34(25)26)17-37-28-31-23-10-4-2-8-21(23)27-32-24(33-35(27)28)13-12-18-16-29-22-9-3-1-7-20(18)22/h1-11,14-16,29H,12-13,17H2. The minimum atomic E-state index is -0.0989. The molecule has 1 N–H and O–H groups in total. The zero-order valence-corrected chi connectivity index (χ0v) is 20.5. The average molecular weight is 504 g/mol. The monoisotopic (exact) mass is 503 g/mol. The summed E-state index contributed by atoms with van der Waals surface area (Å²) in [6.07, 6.45) is 5.34. The van der Waals surface area contributed by atoms with Gasteiger partial charge in [0.25, 0.3) is 5.56 Å². The Morgan fingerprint density at radius 3 is 2.65 bits per heavy atom. The number of hydrogen-bond donors (Lipinski definition) is 1. The van der Waals surface area contributed by atoms with Gasteiger partial charge in [0.05, 0.1) is 11.2 Å². The first kappa shape index (κ1) is 21.8. The summed E-state index contributed by atoms with van der Waals surface area (Å²) in [7, 11) is 0. The highest BCUT2D eigenvalue weighted by molar-refractivity contribution is 7.98. The van der Waals surface area contributed by atoms with Gasteiger partial charge in [-0.3, -0.25) is 9.20 Å². The highest BCUT2D eigenvalue weighted by atomic mass is 32.2. The number of fused-ring (bicyclic) bond motifs is 5. The van der Waals surface area contributed by atoms with Crippen LogP contribution in [0.4, 0.5) is 0 Å². The Hall–Kier alpha value is -4.50. The van der Waals surface area contributed by atoms with Crippen LogP contribution in [0, 0.1) is 0 Å². The smallest absolute Gasteiger partial charge is 0.258 e. The lowest BCUT2D eigenvalue weighted by molar-refractivity contribution is 0.769. The summed E-state index contributed by atoms with van der Waals surface area (Å²) in [4.78, 5) is 30.3. The van der Waals surface area contributed by atoms with E-state index in [0.29, 0.717) is 23.5 Å². The minimum Gasteiger partial charge on any atom is -0.361 e. The first-order chi connectivity index (χ1) is 18.2. The molecule has 37 heavy (non-hydrogen) atoms. The Morgan fingerprint density at radius 1 is 0.865 bits per heavy atom. The Morgan fingerprint density at radius 2 is 1.70 bits per heavy atom. The summed E-state index contributed by atoms with van der Waals surface area (Å²) in [5.41, 5.74) is 5.26. The fraction of sp³-hybridized carbons (Fsp3) is 0.107. The lowest BCUT2D eigenvalue weighted by Gasteiger charge is -2.07. The number of thioether (sulfide) groups is 1. The lowest BCUT2D eigenvalue weighted by Crippen LogP contribution is -2.14. The number of para-hydroxylation sites is 2. The van der Waals surface area contributed by atoms with Gasteiger partial charge in [0.15, 0.2) is 16.6 Å². The van der Waals surface area contributed by atoms with Crippen molar-refractivity contribution < 1.29 is 0 Å². The van der Waals surface area contributed by atoms with Crippen molar-refractivity contribution in [1.29, 1.82) is 0 Å². The molecule has 0 fully saturated rings. The van der Waals surface area contributed by atoms with Gasteiger partial charge in [-0.15, -0.1) is 5.10 Å². The fourth-order valence-electron chi connectivity index (χ4n) is 4.67. The second kappa shape index (κ2) is 8.86. The molecule has 180 valence electrons. The number of aryl methyl sites for hydroxylation is 2. The number of aromatic amines is 1. The third kappa shape index (κ3) is 3.93. The first-order valence-corrected chi connectivity index (χ1v) is 13.0. The van der Waals surface area contributed by atoms with Crippen LogP contribution >= 0.6 is 11.8 Å². The molecule has 0 saturated heterocycles. The molecule has 7 aromatic rings. The van der Waals surface area contributed by atoms with Crippen LogP contribution in [0.3, 0.4) is 0 Å². The molecule has 8 nitrogen and oxygen atoms in total. The molecule has 0 amide bonds. The topological polar surface area (TPSA) is 93.2 Å². The molecule has 2 aromatic carbocycles. The van der Waals surface area contributed by atoms with Crippen LogP contribution in [0.25, 0.3) is 33.1 Å². The van der Waals surface area contributed by atoms with Crippen LogP contribution in [0.15, 0.2) is 95.1 Å². The van der Waals surface area contributed by atoms with Crippen molar-refractivity contribution in [2.24, 2.45) is 0 Å². The van der Waals surface area contributed by atoms with Crippen molar-refractivity contribution in [2.45, 2.75) is 23.8 Å². The number of H-pyrrole nitrogens is 1. The molecule has 9 heteroatoms. The number of aromatic nitrogens is 7. The summed E-state index contributed by atoms with van der Waals surface area (Å²) in [5.74, 6) is 1.26. The number of pyridine rings is 1. The van der Waals surface area contributed by atoms with Crippen molar-refractivity contribution in [1.82, 2.24) is 34.0 Å². The molecular weight excluding hydrogens is 482 g/mol. The van der Waals surface area contributed by atoms with Gasteiger partial charge < -0.3 is 4.98 Å². The van der Waals surface area contributed by atoms with Gasteiger partial charge >= 0.3 is 0 Å². The van der Waals surface area contributed by atoms with Crippen LogP contribution in [-0.4, -0.2) is 34.0 Å². The quantitative estimate of drug-likeness (QED) is 0.258. The normalized spacial score (nSPS) is 11.8. The fourth-order valence-corrected chi connectivity index (χ4v) is 5.51. The van der Waals surface area contributed by atoms with Crippen molar-refractivity contribution in [3.63, 3.8) is 0 Å². The molecule has 0 aliphatic carbocycles. The second-order valence-electron chi connectivity index (χ2n) is 8.84. The number of nitrogens with zero attached hydrogens (tertiary/aromatic N) is 6. The van der Waals surface area contributed by atoms with E-state index in [1.807, 2.05) is 53.0 Å². The summed E-state index contributed by atoms with van der Waals surface area (Å²) >= 11 is 1.50. The van der Waals surface area contributed by atoms with Crippen LogP contribution in [0.1, 0.15) is 17.1 Å². The van der Waals surface area contributed by atoms with Crippen LogP contribution in [0.5, 0.6) is 0 Å². The first-order valence-electron chi connectivity index (χ1n) is 12.0. The number of nitrogens with one attached hydrogen (secondary N) is 1. The SMILES string of the molecule is O=c1cc(CSc2nc3ccccc3c3nc(CCc4c[nH]c5ccccc45)nn23)nc2ccccn12. The van der Waals surface area contributed by atoms with E-state index in [1.54, 1.807) is 12.3 Å². The third-order valence-corrected chi connectivity index (χ3v) is 7.42. The second-order valence-corrected chi connectivity index (χ2v) is 9.78. The molecule has 0 saturated carbocycles. The van der Waals surface area contributed by atoms with Crippen molar-refractivity contribution in [3.05, 3.63) is 113 Å². The Balaban J connectivity index is 1.23. The molecule has 0 radical (unpaired) electrons. The molecule has 7 rings (SSSR count). The molecule has 5 aromatic heterocycles. The maximum Gasteiger partial charge on any atom is 0.258 e. The predicted molar refractivity (Wildman–Crippen MR) is 145 cm³/mol. The van der Waals surface area contributed by atoms with Crippen molar-refractivity contribution in [3.8, 4) is 0 Å². The highest BCUT2D eigenvalue weighted by Gasteiger charge is 2.15. The van der Waals surface area contributed by atoms with Crippen molar-refractivity contribution in [2.75, 3.05) is 0 Å². The summed E-state index contributed by atoms with van der Waals surface area (Å²) in [6.45, 7) is 0. The third-order valence-electron chi connectivity index (χ3n) is 6.46. The maximum atomic E-state index is 12.5. The van der Waals surface area contributed by atoms with E-state index in [0.717, 1.165) is 39.5 Å². The lowest BCUT2D eigenvalue weighted by atomic mass is 10.1. The minimum absolute atomic E-state index is 0.0989. The van der Waals surface area contributed by atoms with E-state index < -0.39 is 0 Å². The molecule has 0 spiro atoms.